The summed E-state index contributed by atoms with van der Waals surface area (Å²) in [5.41, 5.74) is 5.47. The zero-order chi connectivity index (χ0) is 20.0. The van der Waals surface area contributed by atoms with E-state index in [0.29, 0.717) is 19.1 Å². The van der Waals surface area contributed by atoms with Crippen molar-refractivity contribution in [1.82, 2.24) is 0 Å². The first-order chi connectivity index (χ1) is 13.2. The van der Waals surface area contributed by atoms with Crippen LogP contribution in [-0.4, -0.2) is 25.9 Å². The molecule has 0 saturated carbocycles. The molecule has 162 valence electrons. The van der Waals surface area contributed by atoms with Crippen molar-refractivity contribution in [3.8, 4) is 0 Å². The molecule has 0 amide bonds. The molecule has 4 heteroatoms. The van der Waals surface area contributed by atoms with Gasteiger partial charge in [0.1, 0.15) is 0 Å². The topological polar surface area (TPSA) is 61.5 Å². The molecule has 0 aromatic heterocycles. The van der Waals surface area contributed by atoms with Gasteiger partial charge in [-0.25, -0.2) is 4.79 Å². The number of ether oxygens (including phenoxy) is 2. The first kappa shape index (κ1) is 26.2. The highest BCUT2D eigenvalue weighted by molar-refractivity contribution is 5.59. The highest BCUT2D eigenvalue weighted by Gasteiger charge is 2.13. The van der Waals surface area contributed by atoms with Crippen LogP contribution < -0.4 is 5.73 Å². The van der Waals surface area contributed by atoms with Crippen molar-refractivity contribution >= 4 is 6.16 Å². The Kier molecular flexibility index (Phi) is 20.9. The van der Waals surface area contributed by atoms with Gasteiger partial charge in [-0.05, 0) is 38.1 Å². The minimum atomic E-state index is -0.490. The number of unbranched alkanes of at least 4 members (excludes halogenated alkanes) is 11. The first-order valence-electron chi connectivity index (χ1n) is 11.7. The molecule has 0 spiro atoms. The highest BCUT2D eigenvalue weighted by atomic mass is 16.7. The van der Waals surface area contributed by atoms with Gasteiger partial charge in [-0.2, -0.15) is 0 Å². The standard InChI is InChI=1S/C23H47NO3/c1-3-5-7-9-13-17-22(18-14-10-8-6-4-2)21-27-23(25)26-20-16-12-11-15-19-24/h22H,3-21,24H2,1-2H3. The van der Waals surface area contributed by atoms with Gasteiger partial charge in [-0.1, -0.05) is 90.9 Å². The van der Waals surface area contributed by atoms with E-state index in [1.807, 2.05) is 0 Å². The van der Waals surface area contributed by atoms with E-state index >= 15 is 0 Å². The van der Waals surface area contributed by atoms with E-state index in [-0.39, 0.29) is 0 Å². The predicted molar refractivity (Wildman–Crippen MR) is 115 cm³/mol. The van der Waals surface area contributed by atoms with Gasteiger partial charge in [0.15, 0.2) is 0 Å². The van der Waals surface area contributed by atoms with Crippen LogP contribution >= 0.6 is 0 Å². The van der Waals surface area contributed by atoms with Gasteiger partial charge in [0.25, 0.3) is 0 Å². The predicted octanol–water partition coefficient (Wildman–Crippen LogP) is 7.00. The molecule has 0 aliphatic carbocycles. The zero-order valence-electron chi connectivity index (χ0n) is 18.3. The second kappa shape index (κ2) is 21.5. The fourth-order valence-corrected chi connectivity index (χ4v) is 3.37. The molecule has 0 rings (SSSR count). The summed E-state index contributed by atoms with van der Waals surface area (Å²) in [6, 6.07) is 0. The molecule has 0 atom stereocenters. The van der Waals surface area contributed by atoms with Crippen molar-refractivity contribution < 1.29 is 14.3 Å². The van der Waals surface area contributed by atoms with Crippen LogP contribution in [0.15, 0.2) is 0 Å². The van der Waals surface area contributed by atoms with Crippen LogP contribution in [0.2, 0.25) is 0 Å². The Hall–Kier alpha value is -0.770. The summed E-state index contributed by atoms with van der Waals surface area (Å²) in [4.78, 5) is 11.8. The molecule has 27 heavy (non-hydrogen) atoms. The number of carbonyl (C=O) groups is 1. The average molecular weight is 386 g/mol. The second-order valence-electron chi connectivity index (χ2n) is 7.88. The van der Waals surface area contributed by atoms with Gasteiger partial charge in [0.05, 0.1) is 13.2 Å². The number of nitrogens with two attached hydrogens (primary N) is 1. The van der Waals surface area contributed by atoms with Crippen molar-refractivity contribution in [3.63, 3.8) is 0 Å². The van der Waals surface area contributed by atoms with Gasteiger partial charge < -0.3 is 15.2 Å². The molecule has 0 fully saturated rings. The van der Waals surface area contributed by atoms with E-state index in [9.17, 15) is 4.79 Å². The summed E-state index contributed by atoms with van der Waals surface area (Å²) in [7, 11) is 0. The quantitative estimate of drug-likeness (QED) is 0.181. The van der Waals surface area contributed by atoms with Crippen LogP contribution in [0.1, 0.15) is 117 Å². The number of rotatable bonds is 20. The Labute approximate surface area is 168 Å². The summed E-state index contributed by atoms with van der Waals surface area (Å²) in [5.74, 6) is 0.491. The van der Waals surface area contributed by atoms with Crippen LogP contribution in [0.25, 0.3) is 0 Å². The zero-order valence-corrected chi connectivity index (χ0v) is 18.3. The second-order valence-corrected chi connectivity index (χ2v) is 7.88. The minimum Gasteiger partial charge on any atom is -0.434 e. The first-order valence-corrected chi connectivity index (χ1v) is 11.7. The molecule has 0 aromatic carbocycles. The fourth-order valence-electron chi connectivity index (χ4n) is 3.37. The van der Waals surface area contributed by atoms with E-state index in [1.54, 1.807) is 0 Å². The van der Waals surface area contributed by atoms with Crippen molar-refractivity contribution in [2.75, 3.05) is 19.8 Å². The lowest BCUT2D eigenvalue weighted by Gasteiger charge is -2.17. The van der Waals surface area contributed by atoms with Gasteiger partial charge in [0.2, 0.25) is 0 Å². The number of hydrogen-bond donors (Lipinski definition) is 1. The van der Waals surface area contributed by atoms with Crippen LogP contribution in [0.5, 0.6) is 0 Å². The maximum atomic E-state index is 11.8. The third kappa shape index (κ3) is 19.8. The van der Waals surface area contributed by atoms with Crippen LogP contribution in [0, 0.1) is 5.92 Å². The van der Waals surface area contributed by atoms with Gasteiger partial charge >= 0.3 is 6.16 Å². The molecule has 0 aliphatic rings. The third-order valence-electron chi connectivity index (χ3n) is 5.19. The molecule has 0 saturated heterocycles. The Morgan fingerprint density at radius 1 is 0.704 bits per heavy atom. The normalized spacial score (nSPS) is 11.1. The van der Waals surface area contributed by atoms with Crippen LogP contribution in [0.4, 0.5) is 4.79 Å². The van der Waals surface area contributed by atoms with Gasteiger partial charge in [-0.15, -0.1) is 0 Å². The molecule has 0 bridgehead atoms. The van der Waals surface area contributed by atoms with E-state index in [1.165, 1.54) is 77.0 Å². The van der Waals surface area contributed by atoms with Crippen LogP contribution in [-0.2, 0) is 9.47 Å². The summed E-state index contributed by atoms with van der Waals surface area (Å²) in [5, 5.41) is 0. The lowest BCUT2D eigenvalue weighted by Crippen LogP contribution is -2.16. The monoisotopic (exact) mass is 385 g/mol. The lowest BCUT2D eigenvalue weighted by molar-refractivity contribution is 0.0406. The summed E-state index contributed by atoms with van der Waals surface area (Å²) < 4.78 is 10.6. The highest BCUT2D eigenvalue weighted by Crippen LogP contribution is 2.19. The molecular weight excluding hydrogens is 338 g/mol. The Morgan fingerprint density at radius 3 is 1.78 bits per heavy atom. The maximum absolute atomic E-state index is 11.8. The average Bonchev–Trinajstić information content (AvgIpc) is 2.67. The van der Waals surface area contributed by atoms with Gasteiger partial charge in [0, 0.05) is 0 Å². The molecule has 0 heterocycles. The summed E-state index contributed by atoms with van der Waals surface area (Å²) in [6.07, 6.45) is 18.9. The number of hydrogen-bond acceptors (Lipinski definition) is 4. The van der Waals surface area contributed by atoms with E-state index in [2.05, 4.69) is 13.8 Å². The Balaban J connectivity index is 3.91. The van der Waals surface area contributed by atoms with Crippen molar-refractivity contribution in [2.24, 2.45) is 11.7 Å². The molecule has 0 aromatic rings. The summed E-state index contributed by atoms with van der Waals surface area (Å²) >= 11 is 0. The fraction of sp³-hybridized carbons (Fsp3) is 0.957. The minimum absolute atomic E-state index is 0.460. The Morgan fingerprint density at radius 2 is 1.22 bits per heavy atom. The molecule has 0 unspecified atom stereocenters. The van der Waals surface area contributed by atoms with Crippen molar-refractivity contribution in [2.45, 2.75) is 117 Å². The van der Waals surface area contributed by atoms with E-state index in [0.717, 1.165) is 32.2 Å². The van der Waals surface area contributed by atoms with Crippen LogP contribution in [0.3, 0.4) is 0 Å². The number of carbonyl (C=O) groups excluding carboxylic acids is 1. The molecular formula is C23H47NO3. The SMILES string of the molecule is CCCCCCCC(CCCCCCC)COC(=O)OCCCCCCN. The molecule has 4 nitrogen and oxygen atoms in total. The molecule has 2 N–H and O–H groups in total. The van der Waals surface area contributed by atoms with Gasteiger partial charge in [-0.3, -0.25) is 0 Å². The van der Waals surface area contributed by atoms with E-state index in [4.69, 9.17) is 15.2 Å². The third-order valence-corrected chi connectivity index (χ3v) is 5.19. The summed E-state index contributed by atoms with van der Waals surface area (Å²) in [6.45, 7) is 6.21. The van der Waals surface area contributed by atoms with E-state index < -0.39 is 6.16 Å². The van der Waals surface area contributed by atoms with Crippen molar-refractivity contribution in [1.29, 1.82) is 0 Å². The lowest BCUT2D eigenvalue weighted by atomic mass is 9.95. The molecule has 0 radical (unpaired) electrons. The van der Waals surface area contributed by atoms with Crippen molar-refractivity contribution in [3.05, 3.63) is 0 Å². The maximum Gasteiger partial charge on any atom is 0.508 e. The largest absolute Gasteiger partial charge is 0.508 e. The Bertz CT molecular complexity index is 296. The smallest absolute Gasteiger partial charge is 0.434 e. The molecule has 0 aliphatic heterocycles.